The number of quaternary nitrogens is 1. The van der Waals surface area contributed by atoms with Crippen LogP contribution in [-0.4, -0.2) is 17.2 Å². The lowest BCUT2D eigenvalue weighted by atomic mass is 10.1. The highest BCUT2D eigenvalue weighted by atomic mass is 16.5. The zero-order chi connectivity index (χ0) is 11.5. The molecular weight excluding hydrogens is 204 g/mol. The lowest BCUT2D eigenvalue weighted by Crippen LogP contribution is -2.47. The molecule has 0 amide bonds. The predicted octanol–water partition coefficient (Wildman–Crippen LogP) is 0.478. The second-order valence-corrected chi connectivity index (χ2v) is 3.56. The van der Waals surface area contributed by atoms with E-state index in [0.29, 0.717) is 12.3 Å². The van der Waals surface area contributed by atoms with Crippen molar-refractivity contribution in [2.75, 3.05) is 7.11 Å². The third kappa shape index (κ3) is 1.73. The van der Waals surface area contributed by atoms with Crippen LogP contribution in [0.2, 0.25) is 0 Å². The summed E-state index contributed by atoms with van der Waals surface area (Å²) in [5.74, 6) is 0.670. The molecule has 0 saturated heterocycles. The highest BCUT2D eigenvalue weighted by Crippen LogP contribution is 2.26. The Morgan fingerprint density at radius 3 is 2.81 bits per heavy atom. The molecule has 0 unspecified atom stereocenters. The molecule has 4 N–H and O–H groups in total. The fraction of sp³-hybridized carbons (Fsp3) is 0.250. The molecule has 0 fully saturated rings. The summed E-state index contributed by atoms with van der Waals surface area (Å²) in [5.41, 5.74) is 6.66. The summed E-state index contributed by atoms with van der Waals surface area (Å²) in [6.07, 6.45) is 1.76. The molecule has 0 aliphatic carbocycles. The topological polar surface area (TPSA) is 70.0 Å². The summed E-state index contributed by atoms with van der Waals surface area (Å²) in [6.45, 7) is 0.667. The molecule has 1 heterocycles. The molecule has 1 aromatic carbocycles. The quantitative estimate of drug-likeness (QED) is 0.788. The van der Waals surface area contributed by atoms with Crippen LogP contribution in [0.1, 0.15) is 11.1 Å². The van der Waals surface area contributed by atoms with Gasteiger partial charge in [-0.25, -0.2) is 0 Å². The van der Waals surface area contributed by atoms with E-state index in [9.17, 15) is 5.11 Å². The first-order valence-electron chi connectivity index (χ1n) is 5.14. The molecule has 2 aromatic rings. The van der Waals surface area contributed by atoms with Crippen molar-refractivity contribution in [3.63, 3.8) is 0 Å². The zero-order valence-electron chi connectivity index (χ0n) is 9.23. The van der Waals surface area contributed by atoms with E-state index in [-0.39, 0.29) is 6.61 Å². The summed E-state index contributed by atoms with van der Waals surface area (Å²) in [4.78, 5) is 4.28. The SMILES string of the molecule is COc1cc2nccc(C[NH3+])c2cc1CO. The lowest BCUT2D eigenvalue weighted by molar-refractivity contribution is -0.386. The van der Waals surface area contributed by atoms with Crippen molar-refractivity contribution in [3.05, 3.63) is 35.5 Å². The Morgan fingerprint density at radius 1 is 1.38 bits per heavy atom. The van der Waals surface area contributed by atoms with Crippen LogP contribution < -0.4 is 10.5 Å². The second kappa shape index (κ2) is 4.47. The first-order valence-corrected chi connectivity index (χ1v) is 5.14. The normalized spacial score (nSPS) is 10.7. The monoisotopic (exact) mass is 219 g/mol. The van der Waals surface area contributed by atoms with Gasteiger partial charge in [0.1, 0.15) is 12.3 Å². The van der Waals surface area contributed by atoms with Crippen molar-refractivity contribution in [1.82, 2.24) is 4.98 Å². The van der Waals surface area contributed by atoms with Gasteiger partial charge in [0.25, 0.3) is 0 Å². The van der Waals surface area contributed by atoms with Crippen LogP contribution in [0.15, 0.2) is 24.4 Å². The van der Waals surface area contributed by atoms with Crippen molar-refractivity contribution in [2.24, 2.45) is 0 Å². The standard InChI is InChI=1S/C12H14N2O2/c1-16-12-5-11-10(4-9(12)7-15)8(6-13)2-3-14-11/h2-5,15H,6-7,13H2,1H3/p+1. The molecule has 0 bridgehead atoms. The number of nitrogens with zero attached hydrogens (tertiary/aromatic N) is 1. The van der Waals surface area contributed by atoms with Gasteiger partial charge in [0.05, 0.1) is 19.2 Å². The molecule has 4 heteroatoms. The van der Waals surface area contributed by atoms with E-state index in [1.807, 2.05) is 18.2 Å². The third-order valence-corrected chi connectivity index (χ3v) is 2.67. The maximum atomic E-state index is 9.26. The predicted molar refractivity (Wildman–Crippen MR) is 60.8 cm³/mol. The minimum Gasteiger partial charge on any atom is -0.496 e. The number of pyridine rings is 1. The number of rotatable bonds is 3. The van der Waals surface area contributed by atoms with Gasteiger partial charge in [0, 0.05) is 28.8 Å². The molecule has 0 aliphatic heterocycles. The van der Waals surface area contributed by atoms with Gasteiger partial charge in [-0.1, -0.05) is 0 Å². The van der Waals surface area contributed by atoms with Crippen LogP contribution in [-0.2, 0) is 13.2 Å². The average molecular weight is 219 g/mol. The Kier molecular flexibility index (Phi) is 3.03. The van der Waals surface area contributed by atoms with Gasteiger partial charge in [-0.3, -0.25) is 4.98 Å². The number of ether oxygens (including phenoxy) is 1. The molecule has 0 spiro atoms. The number of fused-ring (bicyclic) bond motifs is 1. The van der Waals surface area contributed by atoms with Crippen LogP contribution in [0, 0.1) is 0 Å². The van der Waals surface area contributed by atoms with E-state index in [1.165, 1.54) is 0 Å². The minimum atomic E-state index is -0.0371. The fourth-order valence-electron chi connectivity index (χ4n) is 1.81. The van der Waals surface area contributed by atoms with Crippen molar-refractivity contribution >= 4 is 10.9 Å². The summed E-state index contributed by atoms with van der Waals surface area (Å²) >= 11 is 0. The number of methoxy groups -OCH3 is 1. The van der Waals surface area contributed by atoms with E-state index < -0.39 is 0 Å². The number of hydrogen-bond donors (Lipinski definition) is 2. The Bertz CT molecular complexity index is 512. The largest absolute Gasteiger partial charge is 0.496 e. The van der Waals surface area contributed by atoms with Crippen LogP contribution in [0.5, 0.6) is 5.75 Å². The number of aliphatic hydroxyl groups excluding tert-OH is 1. The van der Waals surface area contributed by atoms with Gasteiger partial charge < -0.3 is 15.6 Å². The Balaban J connectivity index is 2.72. The van der Waals surface area contributed by atoms with E-state index in [1.54, 1.807) is 13.3 Å². The molecule has 16 heavy (non-hydrogen) atoms. The van der Waals surface area contributed by atoms with Crippen LogP contribution >= 0.6 is 0 Å². The average Bonchev–Trinajstić information content (AvgIpc) is 2.36. The number of aliphatic hydroxyl groups is 1. The van der Waals surface area contributed by atoms with Gasteiger partial charge in [0.2, 0.25) is 0 Å². The Morgan fingerprint density at radius 2 is 2.19 bits per heavy atom. The zero-order valence-corrected chi connectivity index (χ0v) is 9.23. The number of hydrogen-bond acceptors (Lipinski definition) is 3. The first-order chi connectivity index (χ1) is 7.80. The van der Waals surface area contributed by atoms with Crippen molar-refractivity contribution < 1.29 is 15.6 Å². The van der Waals surface area contributed by atoms with Crippen molar-refractivity contribution in [3.8, 4) is 5.75 Å². The highest BCUT2D eigenvalue weighted by Gasteiger charge is 2.08. The molecule has 84 valence electrons. The summed E-state index contributed by atoms with van der Waals surface area (Å²) in [6, 6.07) is 5.71. The van der Waals surface area contributed by atoms with Gasteiger partial charge in [-0.2, -0.15) is 0 Å². The first kappa shape index (κ1) is 10.9. The summed E-state index contributed by atoms with van der Waals surface area (Å²) < 4.78 is 5.20. The van der Waals surface area contributed by atoms with E-state index >= 15 is 0 Å². The van der Waals surface area contributed by atoms with E-state index in [0.717, 1.165) is 22.0 Å². The van der Waals surface area contributed by atoms with Crippen molar-refractivity contribution in [2.45, 2.75) is 13.2 Å². The molecular formula is C12H15N2O2+. The van der Waals surface area contributed by atoms with Gasteiger partial charge in [-0.05, 0) is 12.1 Å². The Hall–Kier alpha value is -1.65. The van der Waals surface area contributed by atoms with Gasteiger partial charge >= 0.3 is 0 Å². The Labute approximate surface area is 93.7 Å². The summed E-state index contributed by atoms with van der Waals surface area (Å²) in [7, 11) is 1.59. The van der Waals surface area contributed by atoms with Crippen LogP contribution in [0.4, 0.5) is 0 Å². The molecule has 0 atom stereocenters. The molecule has 4 nitrogen and oxygen atoms in total. The maximum Gasteiger partial charge on any atom is 0.126 e. The smallest absolute Gasteiger partial charge is 0.126 e. The second-order valence-electron chi connectivity index (χ2n) is 3.56. The van der Waals surface area contributed by atoms with Gasteiger partial charge in [-0.15, -0.1) is 0 Å². The maximum absolute atomic E-state index is 9.26. The fourth-order valence-corrected chi connectivity index (χ4v) is 1.81. The van der Waals surface area contributed by atoms with Crippen LogP contribution in [0.3, 0.4) is 0 Å². The van der Waals surface area contributed by atoms with Gasteiger partial charge in [0.15, 0.2) is 0 Å². The molecule has 0 aliphatic rings. The molecule has 0 saturated carbocycles. The number of benzene rings is 1. The van der Waals surface area contributed by atoms with E-state index in [2.05, 4.69) is 10.7 Å². The number of aromatic nitrogens is 1. The van der Waals surface area contributed by atoms with Crippen LogP contribution in [0.25, 0.3) is 10.9 Å². The molecule has 2 rings (SSSR count). The summed E-state index contributed by atoms with van der Waals surface area (Å²) in [5, 5.41) is 10.3. The third-order valence-electron chi connectivity index (χ3n) is 2.67. The molecule has 1 aromatic heterocycles. The van der Waals surface area contributed by atoms with Crippen molar-refractivity contribution in [1.29, 1.82) is 0 Å². The molecule has 0 radical (unpaired) electrons. The minimum absolute atomic E-state index is 0.0371. The lowest BCUT2D eigenvalue weighted by Gasteiger charge is -2.09. The highest BCUT2D eigenvalue weighted by molar-refractivity contribution is 5.84. The van der Waals surface area contributed by atoms with E-state index in [4.69, 9.17) is 4.74 Å².